The molecule has 2 heteroatoms. The third-order valence-corrected chi connectivity index (χ3v) is 13.6. The normalized spacial score (nSPS) is 25.7. The van der Waals surface area contributed by atoms with E-state index >= 15 is 0 Å². The Labute approximate surface area is 156 Å². The van der Waals surface area contributed by atoms with Crippen LogP contribution in [0.25, 0.3) is 0 Å². The third kappa shape index (κ3) is 4.30. The van der Waals surface area contributed by atoms with Crippen LogP contribution in [0.1, 0.15) is 90.7 Å². The van der Waals surface area contributed by atoms with Gasteiger partial charge in [-0.15, -0.1) is 0 Å². The molecule has 0 N–H and O–H groups in total. The summed E-state index contributed by atoms with van der Waals surface area (Å²) in [5.74, 6) is 0. The molecule has 1 saturated heterocycles. The van der Waals surface area contributed by atoms with E-state index in [0.717, 1.165) is 5.66 Å². The molecule has 0 saturated carbocycles. The van der Waals surface area contributed by atoms with Gasteiger partial charge in [-0.05, 0) is 0 Å². The molecule has 1 aliphatic rings. The third-order valence-electron chi connectivity index (χ3n) is 6.44. The standard InChI is InChI=1S/C23H41OP/c1-5-9-18-25(19-10-6-2,20-11-7-3)22(15-8-4)23(24-25)21-16-13-12-14-17-21/h12-14,16-17,22-23H,5-11,15,18-20H2,1-4H3/t22-,23+/m1/s1. The second-order valence-corrected chi connectivity index (χ2v) is 13.9. The summed E-state index contributed by atoms with van der Waals surface area (Å²) in [7, 11) is 0. The second kappa shape index (κ2) is 9.52. The van der Waals surface area contributed by atoms with Crippen molar-refractivity contribution in [2.75, 3.05) is 18.5 Å². The summed E-state index contributed by atoms with van der Waals surface area (Å²) in [6.45, 7) is 7.35. The van der Waals surface area contributed by atoms with Crippen molar-refractivity contribution in [2.24, 2.45) is 0 Å². The fraction of sp³-hybridized carbons (Fsp3) is 0.739. The fourth-order valence-electron chi connectivity index (χ4n) is 5.04. The predicted molar refractivity (Wildman–Crippen MR) is 115 cm³/mol. The van der Waals surface area contributed by atoms with Gasteiger partial charge in [-0.25, -0.2) is 0 Å². The van der Waals surface area contributed by atoms with Crippen molar-refractivity contribution in [3.05, 3.63) is 35.9 Å². The van der Waals surface area contributed by atoms with Crippen LogP contribution < -0.4 is 0 Å². The zero-order valence-electron chi connectivity index (χ0n) is 17.2. The molecule has 0 aromatic heterocycles. The van der Waals surface area contributed by atoms with Crippen molar-refractivity contribution in [2.45, 2.75) is 90.8 Å². The molecule has 1 heterocycles. The average Bonchev–Trinajstić information content (AvgIpc) is 2.65. The van der Waals surface area contributed by atoms with Crippen LogP contribution in [0, 0.1) is 0 Å². The Balaban J connectivity index is 2.37. The summed E-state index contributed by atoms with van der Waals surface area (Å²) in [4.78, 5) is 0. The molecule has 0 spiro atoms. The molecule has 2 rings (SSSR count). The van der Waals surface area contributed by atoms with Crippen molar-refractivity contribution < 1.29 is 4.52 Å². The van der Waals surface area contributed by atoms with Gasteiger partial charge in [-0.1, -0.05) is 0 Å². The van der Waals surface area contributed by atoms with Crippen LogP contribution in [0.3, 0.4) is 0 Å². The molecule has 25 heavy (non-hydrogen) atoms. The van der Waals surface area contributed by atoms with E-state index in [9.17, 15) is 0 Å². The Hall–Kier alpha value is -0.390. The molecule has 0 bridgehead atoms. The maximum absolute atomic E-state index is 7.20. The van der Waals surface area contributed by atoms with Crippen LogP contribution in [-0.4, -0.2) is 24.1 Å². The van der Waals surface area contributed by atoms with Gasteiger partial charge in [0.1, 0.15) is 0 Å². The van der Waals surface area contributed by atoms with E-state index in [4.69, 9.17) is 4.52 Å². The predicted octanol–water partition coefficient (Wildman–Crippen LogP) is 7.80. The van der Waals surface area contributed by atoms with Gasteiger partial charge in [0, 0.05) is 0 Å². The van der Waals surface area contributed by atoms with Crippen LogP contribution in [0.2, 0.25) is 0 Å². The van der Waals surface area contributed by atoms with Gasteiger partial charge in [-0.3, -0.25) is 0 Å². The molecule has 0 unspecified atom stereocenters. The Morgan fingerprint density at radius 2 is 1.28 bits per heavy atom. The summed E-state index contributed by atoms with van der Waals surface area (Å²) in [6, 6.07) is 11.1. The zero-order valence-corrected chi connectivity index (χ0v) is 18.1. The molecule has 1 aromatic rings. The summed E-state index contributed by atoms with van der Waals surface area (Å²) >= 11 is 0. The number of benzene rings is 1. The SMILES string of the molecule is CCCCP1(CCCC)(CCCC)O[C@@H](c2ccccc2)[C@H]1CCC. The number of unbranched alkanes of at least 4 members (excludes halogenated alkanes) is 3. The molecule has 2 atom stereocenters. The molecule has 1 fully saturated rings. The maximum atomic E-state index is 7.20. The minimum absolute atomic E-state index is 0.365. The quantitative estimate of drug-likeness (QED) is 0.344. The molecule has 1 nitrogen and oxygen atoms in total. The van der Waals surface area contributed by atoms with Gasteiger partial charge in [-0.2, -0.15) is 0 Å². The molecule has 1 aromatic carbocycles. The summed E-state index contributed by atoms with van der Waals surface area (Å²) in [6.07, 6.45) is 15.1. The van der Waals surface area contributed by atoms with E-state index in [2.05, 4.69) is 58.0 Å². The van der Waals surface area contributed by atoms with Crippen molar-refractivity contribution in [3.8, 4) is 0 Å². The summed E-state index contributed by atoms with van der Waals surface area (Å²) in [5, 5.41) is 0. The molecule has 144 valence electrons. The summed E-state index contributed by atoms with van der Waals surface area (Å²) < 4.78 is 7.20. The van der Waals surface area contributed by atoms with Gasteiger partial charge < -0.3 is 0 Å². The Kier molecular flexibility index (Phi) is 7.96. The topological polar surface area (TPSA) is 9.23 Å². The molecule has 1 aliphatic heterocycles. The van der Waals surface area contributed by atoms with E-state index in [0.29, 0.717) is 6.10 Å². The van der Waals surface area contributed by atoms with E-state index in [1.54, 1.807) is 0 Å². The van der Waals surface area contributed by atoms with Crippen LogP contribution in [0.15, 0.2) is 30.3 Å². The van der Waals surface area contributed by atoms with Gasteiger partial charge >= 0.3 is 157 Å². The van der Waals surface area contributed by atoms with Crippen LogP contribution in [0.4, 0.5) is 0 Å². The average molecular weight is 365 g/mol. The van der Waals surface area contributed by atoms with Gasteiger partial charge in [0.15, 0.2) is 0 Å². The van der Waals surface area contributed by atoms with Crippen LogP contribution >= 0.6 is 6.83 Å². The second-order valence-electron chi connectivity index (χ2n) is 8.24. The van der Waals surface area contributed by atoms with Crippen molar-refractivity contribution >= 4 is 6.83 Å². The zero-order chi connectivity index (χ0) is 18.2. The van der Waals surface area contributed by atoms with E-state index < -0.39 is 6.83 Å². The van der Waals surface area contributed by atoms with E-state index in [1.807, 2.05) is 0 Å². The fourth-order valence-corrected chi connectivity index (χ4v) is 12.9. The molecule has 0 radical (unpaired) electrons. The first-order valence-electron chi connectivity index (χ1n) is 10.9. The minimum atomic E-state index is -2.05. The number of hydrogen-bond donors (Lipinski definition) is 0. The van der Waals surface area contributed by atoms with E-state index in [1.165, 1.54) is 75.4 Å². The first kappa shape index (κ1) is 20.9. The van der Waals surface area contributed by atoms with Crippen LogP contribution in [-0.2, 0) is 4.52 Å². The van der Waals surface area contributed by atoms with Gasteiger partial charge in [0.2, 0.25) is 0 Å². The number of hydrogen-bond acceptors (Lipinski definition) is 1. The molecule has 0 aliphatic carbocycles. The monoisotopic (exact) mass is 364 g/mol. The van der Waals surface area contributed by atoms with Crippen molar-refractivity contribution in [1.82, 2.24) is 0 Å². The molecular formula is C23H41OP. The van der Waals surface area contributed by atoms with Crippen molar-refractivity contribution in [3.63, 3.8) is 0 Å². The Bertz CT molecular complexity index is 474. The molecular weight excluding hydrogens is 323 g/mol. The first-order chi connectivity index (χ1) is 12.2. The Morgan fingerprint density at radius 1 is 0.760 bits per heavy atom. The Morgan fingerprint density at radius 3 is 1.72 bits per heavy atom. The van der Waals surface area contributed by atoms with E-state index in [-0.39, 0.29) is 0 Å². The summed E-state index contributed by atoms with van der Waals surface area (Å²) in [5.41, 5.74) is 2.23. The number of rotatable bonds is 12. The first-order valence-corrected chi connectivity index (χ1v) is 13.7. The van der Waals surface area contributed by atoms with Gasteiger partial charge in [0.25, 0.3) is 0 Å². The molecule has 0 amide bonds. The van der Waals surface area contributed by atoms with Crippen molar-refractivity contribution in [1.29, 1.82) is 0 Å². The van der Waals surface area contributed by atoms with Crippen LogP contribution in [0.5, 0.6) is 0 Å². The van der Waals surface area contributed by atoms with Gasteiger partial charge in [0.05, 0.1) is 0 Å².